The average molecular weight is 269 g/mol. The van der Waals surface area contributed by atoms with Crippen molar-refractivity contribution in [2.45, 2.75) is 25.4 Å². The zero-order valence-corrected chi connectivity index (χ0v) is 10.4. The fourth-order valence-electron chi connectivity index (χ4n) is 2.13. The average Bonchev–Trinajstić information content (AvgIpc) is 2.17. The summed E-state index contributed by atoms with van der Waals surface area (Å²) in [5, 5.41) is 0. The molecule has 15 heavy (non-hydrogen) atoms. The molecule has 1 heterocycles. The Morgan fingerprint density at radius 1 is 1.47 bits per heavy atom. The molecule has 1 aromatic rings. The van der Waals surface area contributed by atoms with Gasteiger partial charge in [0, 0.05) is 23.6 Å². The van der Waals surface area contributed by atoms with Crippen molar-refractivity contribution >= 4 is 15.9 Å². The van der Waals surface area contributed by atoms with E-state index in [0.717, 1.165) is 17.6 Å². The van der Waals surface area contributed by atoms with E-state index in [9.17, 15) is 0 Å². The van der Waals surface area contributed by atoms with Gasteiger partial charge in [-0.1, -0.05) is 28.1 Å². The molecule has 1 saturated heterocycles. The number of hydrogen-bond donors (Lipinski definition) is 1. The van der Waals surface area contributed by atoms with Crippen LogP contribution in [0.15, 0.2) is 28.7 Å². The van der Waals surface area contributed by atoms with Crippen molar-refractivity contribution in [3.05, 3.63) is 34.3 Å². The molecule has 0 radical (unpaired) electrons. The minimum absolute atomic E-state index is 0.367. The molecule has 0 amide bonds. The summed E-state index contributed by atoms with van der Waals surface area (Å²) in [4.78, 5) is 2.44. The Morgan fingerprint density at radius 2 is 2.33 bits per heavy atom. The third kappa shape index (κ3) is 3.30. The van der Waals surface area contributed by atoms with Gasteiger partial charge in [-0.25, -0.2) is 0 Å². The van der Waals surface area contributed by atoms with Crippen LogP contribution < -0.4 is 5.73 Å². The molecule has 0 spiro atoms. The Bertz CT molecular complexity index is 327. The van der Waals surface area contributed by atoms with Crippen molar-refractivity contribution in [1.82, 2.24) is 4.90 Å². The first-order valence-electron chi connectivity index (χ1n) is 5.46. The maximum Gasteiger partial charge on any atom is 0.0234 e. The summed E-state index contributed by atoms with van der Waals surface area (Å²) in [6.07, 6.45) is 2.41. The van der Waals surface area contributed by atoms with Gasteiger partial charge < -0.3 is 5.73 Å². The van der Waals surface area contributed by atoms with Gasteiger partial charge in [0.15, 0.2) is 0 Å². The monoisotopic (exact) mass is 268 g/mol. The Morgan fingerprint density at radius 3 is 3.07 bits per heavy atom. The Balaban J connectivity index is 1.96. The fraction of sp³-hybridized carbons (Fsp3) is 0.500. The van der Waals surface area contributed by atoms with E-state index in [1.54, 1.807) is 0 Å². The predicted molar refractivity (Wildman–Crippen MR) is 66.6 cm³/mol. The highest BCUT2D eigenvalue weighted by atomic mass is 79.9. The second-order valence-corrected chi connectivity index (χ2v) is 5.18. The lowest BCUT2D eigenvalue weighted by molar-refractivity contribution is 0.201. The zero-order chi connectivity index (χ0) is 10.7. The van der Waals surface area contributed by atoms with E-state index < -0.39 is 0 Å². The van der Waals surface area contributed by atoms with Crippen LogP contribution in [0.25, 0.3) is 0 Å². The summed E-state index contributed by atoms with van der Waals surface area (Å²) in [5.41, 5.74) is 7.32. The van der Waals surface area contributed by atoms with Gasteiger partial charge in [-0.3, -0.25) is 4.90 Å². The lowest BCUT2D eigenvalue weighted by atomic mass is 10.1. The molecular formula is C12H17BrN2. The number of rotatable bonds is 2. The van der Waals surface area contributed by atoms with Gasteiger partial charge in [-0.2, -0.15) is 0 Å². The number of benzene rings is 1. The largest absolute Gasteiger partial charge is 0.327 e. The van der Waals surface area contributed by atoms with Gasteiger partial charge in [0.1, 0.15) is 0 Å². The summed E-state index contributed by atoms with van der Waals surface area (Å²) in [7, 11) is 0. The number of nitrogens with zero attached hydrogens (tertiary/aromatic N) is 1. The molecule has 0 bridgehead atoms. The van der Waals surface area contributed by atoms with Crippen molar-refractivity contribution in [2.24, 2.45) is 5.73 Å². The SMILES string of the molecule is N[C@@H]1CCCN(Cc2cccc(Br)c2)C1. The van der Waals surface area contributed by atoms with Gasteiger partial charge >= 0.3 is 0 Å². The smallest absolute Gasteiger partial charge is 0.0234 e. The molecule has 1 atom stereocenters. The normalized spacial score (nSPS) is 22.9. The molecule has 82 valence electrons. The molecule has 0 aromatic heterocycles. The predicted octanol–water partition coefficient (Wildman–Crippen LogP) is 2.37. The van der Waals surface area contributed by atoms with E-state index in [4.69, 9.17) is 5.73 Å². The molecule has 0 aliphatic carbocycles. The van der Waals surface area contributed by atoms with E-state index in [1.807, 2.05) is 0 Å². The van der Waals surface area contributed by atoms with Crippen LogP contribution in [0.4, 0.5) is 0 Å². The lowest BCUT2D eigenvalue weighted by Crippen LogP contribution is -2.42. The summed E-state index contributed by atoms with van der Waals surface area (Å²) in [6.45, 7) is 3.24. The molecule has 2 rings (SSSR count). The molecule has 1 aromatic carbocycles. The molecule has 3 heteroatoms. The Hall–Kier alpha value is -0.380. The third-order valence-corrected chi connectivity index (χ3v) is 3.33. The van der Waals surface area contributed by atoms with E-state index in [0.29, 0.717) is 6.04 Å². The summed E-state index contributed by atoms with van der Waals surface area (Å²) >= 11 is 3.50. The first kappa shape index (κ1) is 11.1. The second kappa shape index (κ2) is 5.10. The van der Waals surface area contributed by atoms with Crippen molar-refractivity contribution in [3.63, 3.8) is 0 Å². The van der Waals surface area contributed by atoms with Crippen LogP contribution in [0.2, 0.25) is 0 Å². The highest BCUT2D eigenvalue weighted by Gasteiger charge is 2.16. The zero-order valence-electron chi connectivity index (χ0n) is 8.82. The van der Waals surface area contributed by atoms with E-state index in [1.165, 1.54) is 24.9 Å². The summed E-state index contributed by atoms with van der Waals surface area (Å²) in [5.74, 6) is 0. The quantitative estimate of drug-likeness (QED) is 0.893. The molecule has 2 nitrogen and oxygen atoms in total. The summed E-state index contributed by atoms with van der Waals surface area (Å²) in [6, 6.07) is 8.87. The molecule has 0 unspecified atom stereocenters. The minimum atomic E-state index is 0.367. The topological polar surface area (TPSA) is 29.3 Å². The second-order valence-electron chi connectivity index (χ2n) is 4.27. The van der Waals surface area contributed by atoms with Crippen LogP contribution in [0.5, 0.6) is 0 Å². The number of hydrogen-bond acceptors (Lipinski definition) is 2. The first-order valence-corrected chi connectivity index (χ1v) is 6.26. The molecule has 1 aliphatic rings. The van der Waals surface area contributed by atoms with Crippen molar-refractivity contribution in [1.29, 1.82) is 0 Å². The molecule has 0 saturated carbocycles. The van der Waals surface area contributed by atoms with Gasteiger partial charge in [-0.05, 0) is 37.1 Å². The maximum atomic E-state index is 5.96. The van der Waals surface area contributed by atoms with Crippen LogP contribution in [-0.2, 0) is 6.54 Å². The summed E-state index contributed by atoms with van der Waals surface area (Å²) < 4.78 is 1.15. The minimum Gasteiger partial charge on any atom is -0.327 e. The molecule has 1 aliphatic heterocycles. The number of nitrogens with two attached hydrogens (primary N) is 1. The Labute approximate surface area is 99.6 Å². The molecule has 1 fully saturated rings. The van der Waals surface area contributed by atoms with E-state index in [2.05, 4.69) is 45.1 Å². The maximum absolute atomic E-state index is 5.96. The van der Waals surface area contributed by atoms with Gasteiger partial charge in [-0.15, -0.1) is 0 Å². The number of piperidine rings is 1. The van der Waals surface area contributed by atoms with Crippen LogP contribution in [0, 0.1) is 0 Å². The highest BCUT2D eigenvalue weighted by Crippen LogP contribution is 2.16. The highest BCUT2D eigenvalue weighted by molar-refractivity contribution is 9.10. The van der Waals surface area contributed by atoms with Crippen LogP contribution in [0.3, 0.4) is 0 Å². The van der Waals surface area contributed by atoms with E-state index in [-0.39, 0.29) is 0 Å². The van der Waals surface area contributed by atoms with Gasteiger partial charge in [0.25, 0.3) is 0 Å². The van der Waals surface area contributed by atoms with Crippen molar-refractivity contribution in [2.75, 3.05) is 13.1 Å². The fourth-order valence-corrected chi connectivity index (χ4v) is 2.58. The van der Waals surface area contributed by atoms with Crippen molar-refractivity contribution < 1.29 is 0 Å². The van der Waals surface area contributed by atoms with Crippen LogP contribution >= 0.6 is 15.9 Å². The Kier molecular flexibility index (Phi) is 3.78. The van der Waals surface area contributed by atoms with Crippen LogP contribution in [-0.4, -0.2) is 24.0 Å². The standard InChI is InChI=1S/C12H17BrN2/c13-11-4-1-3-10(7-11)8-15-6-2-5-12(14)9-15/h1,3-4,7,12H,2,5-6,8-9,14H2/t12-/m1/s1. The molecular weight excluding hydrogens is 252 g/mol. The van der Waals surface area contributed by atoms with E-state index >= 15 is 0 Å². The van der Waals surface area contributed by atoms with Gasteiger partial charge in [0.2, 0.25) is 0 Å². The van der Waals surface area contributed by atoms with Crippen molar-refractivity contribution in [3.8, 4) is 0 Å². The van der Waals surface area contributed by atoms with Crippen LogP contribution in [0.1, 0.15) is 18.4 Å². The molecule has 2 N–H and O–H groups in total. The lowest BCUT2D eigenvalue weighted by Gasteiger charge is -2.30. The first-order chi connectivity index (χ1) is 7.24. The third-order valence-electron chi connectivity index (χ3n) is 2.84. The number of halogens is 1. The number of likely N-dealkylation sites (tertiary alicyclic amines) is 1. The van der Waals surface area contributed by atoms with Gasteiger partial charge in [0.05, 0.1) is 0 Å².